The van der Waals surface area contributed by atoms with Crippen LogP contribution in [0.3, 0.4) is 0 Å². The van der Waals surface area contributed by atoms with Crippen molar-refractivity contribution < 1.29 is 19.1 Å². The quantitative estimate of drug-likeness (QED) is 0.886. The van der Waals surface area contributed by atoms with E-state index >= 15 is 0 Å². The number of carboxylic acid groups (broad SMARTS) is 1. The maximum Gasteiger partial charge on any atom is 0.331 e. The van der Waals surface area contributed by atoms with Gasteiger partial charge in [0.2, 0.25) is 5.91 Å². The summed E-state index contributed by atoms with van der Waals surface area (Å²) in [5.41, 5.74) is 2.34. The highest BCUT2D eigenvalue weighted by Crippen LogP contribution is 2.35. The molecule has 5 heteroatoms. The van der Waals surface area contributed by atoms with E-state index in [9.17, 15) is 19.1 Å². The zero-order chi connectivity index (χ0) is 17.1. The van der Waals surface area contributed by atoms with Crippen LogP contribution in [0.1, 0.15) is 41.5 Å². The Morgan fingerprint density at radius 2 is 1.88 bits per heavy atom. The normalized spacial score (nSPS) is 17.1. The molecule has 0 radical (unpaired) electrons. The second-order valence-corrected chi connectivity index (χ2v) is 6.00. The van der Waals surface area contributed by atoms with Gasteiger partial charge in [0.05, 0.1) is 0 Å². The Kier molecular flexibility index (Phi) is 4.60. The van der Waals surface area contributed by atoms with Crippen molar-refractivity contribution in [2.24, 2.45) is 0 Å². The number of aliphatic carboxylic acids is 1. The number of benzene rings is 2. The van der Waals surface area contributed by atoms with Gasteiger partial charge in [-0.25, -0.2) is 9.18 Å². The summed E-state index contributed by atoms with van der Waals surface area (Å²) in [4.78, 5) is 23.8. The minimum absolute atomic E-state index is 0.0369. The molecule has 24 heavy (non-hydrogen) atoms. The van der Waals surface area contributed by atoms with Crippen molar-refractivity contribution in [3.63, 3.8) is 0 Å². The Labute approximate surface area is 139 Å². The first-order valence-electron chi connectivity index (χ1n) is 7.90. The molecule has 2 aromatic rings. The lowest BCUT2D eigenvalue weighted by atomic mass is 9.97. The molecule has 0 saturated carbocycles. The van der Waals surface area contributed by atoms with Crippen molar-refractivity contribution in [2.75, 3.05) is 0 Å². The lowest BCUT2D eigenvalue weighted by Crippen LogP contribution is -2.34. The Balaban J connectivity index is 1.72. The van der Waals surface area contributed by atoms with Gasteiger partial charge in [0.1, 0.15) is 5.82 Å². The van der Waals surface area contributed by atoms with Gasteiger partial charge in [-0.05, 0) is 36.0 Å². The Hall–Kier alpha value is -2.69. The van der Waals surface area contributed by atoms with Gasteiger partial charge in [0.25, 0.3) is 0 Å². The highest BCUT2D eigenvalue weighted by Gasteiger charge is 2.28. The van der Waals surface area contributed by atoms with Gasteiger partial charge in [-0.2, -0.15) is 0 Å². The molecule has 0 saturated heterocycles. The van der Waals surface area contributed by atoms with E-state index in [0.717, 1.165) is 18.4 Å². The highest BCUT2D eigenvalue weighted by atomic mass is 19.1. The van der Waals surface area contributed by atoms with E-state index in [0.29, 0.717) is 0 Å². The van der Waals surface area contributed by atoms with E-state index in [1.54, 1.807) is 6.07 Å². The SMILES string of the molecule is O=C(CC1CCc2ccccc21)NC(C(=O)O)c1ccccc1F. The molecule has 0 spiro atoms. The largest absolute Gasteiger partial charge is 0.479 e. The lowest BCUT2D eigenvalue weighted by molar-refractivity contribution is -0.142. The van der Waals surface area contributed by atoms with Crippen LogP contribution in [0.4, 0.5) is 4.39 Å². The van der Waals surface area contributed by atoms with Crippen molar-refractivity contribution in [3.05, 3.63) is 71.0 Å². The fourth-order valence-electron chi connectivity index (χ4n) is 3.28. The number of carbonyl (C=O) groups excluding carboxylic acids is 1. The van der Waals surface area contributed by atoms with E-state index in [-0.39, 0.29) is 23.8 Å². The number of halogens is 1. The predicted octanol–water partition coefficient (Wildman–Crippen LogP) is 3.19. The smallest absolute Gasteiger partial charge is 0.331 e. The van der Waals surface area contributed by atoms with Crippen molar-refractivity contribution >= 4 is 11.9 Å². The van der Waals surface area contributed by atoms with Crippen LogP contribution in [-0.4, -0.2) is 17.0 Å². The topological polar surface area (TPSA) is 66.4 Å². The molecule has 1 amide bonds. The number of rotatable bonds is 5. The zero-order valence-corrected chi connectivity index (χ0v) is 13.0. The molecule has 2 aromatic carbocycles. The van der Waals surface area contributed by atoms with E-state index < -0.39 is 17.8 Å². The van der Waals surface area contributed by atoms with Crippen molar-refractivity contribution in [2.45, 2.75) is 31.2 Å². The van der Waals surface area contributed by atoms with Crippen LogP contribution < -0.4 is 5.32 Å². The maximum absolute atomic E-state index is 13.8. The molecule has 2 atom stereocenters. The first-order valence-corrected chi connectivity index (χ1v) is 7.90. The first-order chi connectivity index (χ1) is 11.6. The number of carboxylic acids is 1. The molecule has 1 aliphatic rings. The maximum atomic E-state index is 13.8. The minimum Gasteiger partial charge on any atom is -0.479 e. The number of aryl methyl sites for hydroxylation is 1. The molecule has 2 unspecified atom stereocenters. The van der Waals surface area contributed by atoms with Crippen LogP contribution >= 0.6 is 0 Å². The second-order valence-electron chi connectivity index (χ2n) is 6.00. The molecule has 0 heterocycles. The number of nitrogens with one attached hydrogen (secondary N) is 1. The molecule has 0 fully saturated rings. The van der Waals surface area contributed by atoms with Crippen molar-refractivity contribution in [1.29, 1.82) is 0 Å². The molecule has 1 aliphatic carbocycles. The van der Waals surface area contributed by atoms with Gasteiger partial charge >= 0.3 is 5.97 Å². The molecular formula is C19H18FNO3. The molecule has 2 N–H and O–H groups in total. The van der Waals surface area contributed by atoms with Crippen LogP contribution in [0.15, 0.2) is 48.5 Å². The van der Waals surface area contributed by atoms with Crippen molar-refractivity contribution in [1.82, 2.24) is 5.32 Å². The number of hydrogen-bond donors (Lipinski definition) is 2. The molecule has 124 valence electrons. The highest BCUT2D eigenvalue weighted by molar-refractivity contribution is 5.85. The van der Waals surface area contributed by atoms with Gasteiger partial charge < -0.3 is 10.4 Å². The van der Waals surface area contributed by atoms with Gasteiger partial charge in [-0.1, -0.05) is 42.5 Å². The van der Waals surface area contributed by atoms with Gasteiger partial charge in [-0.3, -0.25) is 4.79 Å². The van der Waals surface area contributed by atoms with Gasteiger partial charge in [-0.15, -0.1) is 0 Å². The van der Waals surface area contributed by atoms with Crippen LogP contribution in [0.25, 0.3) is 0 Å². The number of fused-ring (bicyclic) bond motifs is 1. The lowest BCUT2D eigenvalue weighted by Gasteiger charge is -2.17. The summed E-state index contributed by atoms with van der Waals surface area (Å²) in [6.45, 7) is 0. The van der Waals surface area contributed by atoms with E-state index in [4.69, 9.17) is 0 Å². The van der Waals surface area contributed by atoms with Crippen LogP contribution in [-0.2, 0) is 16.0 Å². The summed E-state index contributed by atoms with van der Waals surface area (Å²) in [5.74, 6) is -2.22. The van der Waals surface area contributed by atoms with E-state index in [2.05, 4.69) is 5.32 Å². The van der Waals surface area contributed by atoms with Crippen LogP contribution in [0.5, 0.6) is 0 Å². The Morgan fingerprint density at radius 3 is 2.62 bits per heavy atom. The standard InChI is InChI=1S/C19H18FNO3/c20-16-8-4-3-7-15(16)18(19(23)24)21-17(22)11-13-10-9-12-5-1-2-6-14(12)13/h1-8,13,18H,9-11H2,(H,21,22)(H,23,24). The molecule has 4 nitrogen and oxygen atoms in total. The molecular weight excluding hydrogens is 309 g/mol. The first kappa shape index (κ1) is 16.2. The van der Waals surface area contributed by atoms with Gasteiger partial charge in [0, 0.05) is 12.0 Å². The molecule has 0 bridgehead atoms. The zero-order valence-electron chi connectivity index (χ0n) is 13.0. The van der Waals surface area contributed by atoms with E-state index in [1.807, 2.05) is 24.3 Å². The fourth-order valence-corrected chi connectivity index (χ4v) is 3.28. The van der Waals surface area contributed by atoms with Gasteiger partial charge in [0.15, 0.2) is 6.04 Å². The summed E-state index contributed by atoms with van der Waals surface area (Å²) < 4.78 is 13.8. The summed E-state index contributed by atoms with van der Waals surface area (Å²) in [5, 5.41) is 11.8. The Morgan fingerprint density at radius 1 is 1.17 bits per heavy atom. The third-order valence-corrected chi connectivity index (χ3v) is 4.46. The average Bonchev–Trinajstić information content (AvgIpc) is 2.96. The van der Waals surface area contributed by atoms with Crippen molar-refractivity contribution in [3.8, 4) is 0 Å². The van der Waals surface area contributed by atoms with Crippen LogP contribution in [0, 0.1) is 5.82 Å². The summed E-state index contributed by atoms with van der Waals surface area (Å²) in [6.07, 6.45) is 1.99. The summed E-state index contributed by atoms with van der Waals surface area (Å²) in [6, 6.07) is 12.2. The summed E-state index contributed by atoms with van der Waals surface area (Å²) in [7, 11) is 0. The Bertz CT molecular complexity index is 775. The third kappa shape index (κ3) is 3.30. The monoisotopic (exact) mass is 327 g/mol. The molecule has 0 aromatic heterocycles. The molecule has 3 rings (SSSR count). The number of hydrogen-bond acceptors (Lipinski definition) is 2. The van der Waals surface area contributed by atoms with Crippen LogP contribution in [0.2, 0.25) is 0 Å². The second kappa shape index (κ2) is 6.83. The third-order valence-electron chi connectivity index (χ3n) is 4.46. The number of amides is 1. The summed E-state index contributed by atoms with van der Waals surface area (Å²) >= 11 is 0. The van der Waals surface area contributed by atoms with E-state index in [1.165, 1.54) is 23.8 Å². The predicted molar refractivity (Wildman–Crippen MR) is 87.0 cm³/mol. The minimum atomic E-state index is -1.38. The average molecular weight is 327 g/mol. The molecule has 0 aliphatic heterocycles. The number of carbonyl (C=O) groups is 2. The fraction of sp³-hybridized carbons (Fsp3) is 0.263.